The molecule has 1 rings (SSSR count). The van der Waals surface area contributed by atoms with Crippen molar-refractivity contribution in [2.45, 2.75) is 6.61 Å². The minimum Gasteiger partial charge on any atom is -0.497 e. The molecule has 0 saturated heterocycles. The Kier molecular flexibility index (Phi) is 3.93. The number of hydrogen-bond acceptors (Lipinski definition) is 4. The van der Waals surface area contributed by atoms with Gasteiger partial charge in [-0.25, -0.2) is 0 Å². The van der Waals surface area contributed by atoms with Crippen LogP contribution in [0, 0.1) is 0 Å². The predicted molar refractivity (Wildman–Crippen MR) is 56.2 cm³/mol. The molecule has 0 atom stereocenters. The minimum atomic E-state index is 0.0475. The van der Waals surface area contributed by atoms with Crippen molar-refractivity contribution >= 4 is 5.84 Å². The van der Waals surface area contributed by atoms with Crippen molar-refractivity contribution in [1.29, 1.82) is 0 Å². The number of rotatable bonds is 4. The summed E-state index contributed by atoms with van der Waals surface area (Å²) in [6.45, 7) is 0.447. The zero-order chi connectivity index (χ0) is 11.3. The molecule has 0 radical (unpaired) electrons. The first-order chi connectivity index (χ1) is 7.21. The third-order valence-electron chi connectivity index (χ3n) is 1.92. The van der Waals surface area contributed by atoms with Crippen LogP contribution in [0.2, 0.25) is 0 Å². The van der Waals surface area contributed by atoms with Gasteiger partial charge in [-0.3, -0.25) is 0 Å². The Hall–Kier alpha value is -1.75. The van der Waals surface area contributed by atoms with Crippen LogP contribution in [0.3, 0.4) is 0 Å². The van der Waals surface area contributed by atoms with Gasteiger partial charge in [-0.2, -0.15) is 0 Å². The SMILES string of the molecule is COCc1cc(OC)cc(/C(N)=N\O)c1. The van der Waals surface area contributed by atoms with Crippen molar-refractivity contribution in [2.75, 3.05) is 14.2 Å². The number of methoxy groups -OCH3 is 2. The second kappa shape index (κ2) is 5.21. The maximum absolute atomic E-state index is 8.56. The first kappa shape index (κ1) is 11.3. The number of hydrogen-bond donors (Lipinski definition) is 2. The van der Waals surface area contributed by atoms with E-state index in [9.17, 15) is 0 Å². The maximum atomic E-state index is 8.56. The summed E-state index contributed by atoms with van der Waals surface area (Å²) in [4.78, 5) is 0. The third-order valence-corrected chi connectivity index (χ3v) is 1.92. The molecule has 1 aromatic carbocycles. The number of amidine groups is 1. The maximum Gasteiger partial charge on any atom is 0.170 e. The highest BCUT2D eigenvalue weighted by Crippen LogP contribution is 2.17. The van der Waals surface area contributed by atoms with Crippen LogP contribution in [0.4, 0.5) is 0 Å². The van der Waals surface area contributed by atoms with Gasteiger partial charge in [0.2, 0.25) is 0 Å². The van der Waals surface area contributed by atoms with Crippen LogP contribution >= 0.6 is 0 Å². The Bertz CT molecular complexity index is 364. The van der Waals surface area contributed by atoms with Gasteiger partial charge in [0.25, 0.3) is 0 Å². The number of benzene rings is 1. The van der Waals surface area contributed by atoms with Gasteiger partial charge in [0, 0.05) is 12.7 Å². The fourth-order valence-electron chi connectivity index (χ4n) is 1.23. The molecule has 5 heteroatoms. The minimum absolute atomic E-state index is 0.0475. The number of nitrogens with two attached hydrogens (primary N) is 1. The molecule has 0 saturated carbocycles. The molecular formula is C10H14N2O3. The lowest BCUT2D eigenvalue weighted by molar-refractivity contribution is 0.184. The number of oxime groups is 1. The van der Waals surface area contributed by atoms with Crippen LogP contribution in [0.1, 0.15) is 11.1 Å². The molecule has 0 amide bonds. The number of nitrogens with zero attached hydrogens (tertiary/aromatic N) is 1. The molecule has 5 nitrogen and oxygen atoms in total. The zero-order valence-electron chi connectivity index (χ0n) is 8.73. The summed E-state index contributed by atoms with van der Waals surface area (Å²) in [6.07, 6.45) is 0. The molecule has 0 bridgehead atoms. The Morgan fingerprint density at radius 3 is 2.67 bits per heavy atom. The van der Waals surface area contributed by atoms with E-state index in [1.54, 1.807) is 26.4 Å². The summed E-state index contributed by atoms with van der Waals surface area (Å²) in [5.41, 5.74) is 6.99. The van der Waals surface area contributed by atoms with Crippen molar-refractivity contribution in [3.8, 4) is 5.75 Å². The highest BCUT2D eigenvalue weighted by Gasteiger charge is 2.04. The lowest BCUT2D eigenvalue weighted by Gasteiger charge is -2.07. The van der Waals surface area contributed by atoms with E-state index in [-0.39, 0.29) is 5.84 Å². The van der Waals surface area contributed by atoms with E-state index in [0.717, 1.165) is 5.56 Å². The molecule has 0 heterocycles. The standard InChI is InChI=1S/C10H14N2O3/c1-14-6-7-3-8(10(11)12-13)5-9(4-7)15-2/h3-5,13H,6H2,1-2H3,(H2,11,12). The fourth-order valence-corrected chi connectivity index (χ4v) is 1.23. The summed E-state index contributed by atoms with van der Waals surface area (Å²) in [5.74, 6) is 0.692. The Morgan fingerprint density at radius 2 is 2.13 bits per heavy atom. The third kappa shape index (κ3) is 2.85. The van der Waals surface area contributed by atoms with E-state index in [4.69, 9.17) is 20.4 Å². The molecule has 0 unspecified atom stereocenters. The summed E-state index contributed by atoms with van der Waals surface area (Å²) in [5, 5.41) is 11.5. The molecule has 0 aliphatic rings. The van der Waals surface area contributed by atoms with E-state index in [1.807, 2.05) is 6.07 Å². The van der Waals surface area contributed by atoms with Crippen LogP contribution < -0.4 is 10.5 Å². The molecule has 82 valence electrons. The van der Waals surface area contributed by atoms with Gasteiger partial charge >= 0.3 is 0 Å². The highest BCUT2D eigenvalue weighted by atomic mass is 16.5. The Labute approximate surface area is 88.1 Å². The van der Waals surface area contributed by atoms with E-state index in [2.05, 4.69) is 5.16 Å². The lowest BCUT2D eigenvalue weighted by atomic mass is 10.1. The molecule has 0 fully saturated rings. The van der Waals surface area contributed by atoms with Gasteiger partial charge in [0.15, 0.2) is 5.84 Å². The first-order valence-corrected chi connectivity index (χ1v) is 4.36. The van der Waals surface area contributed by atoms with Gasteiger partial charge in [0.1, 0.15) is 5.75 Å². The largest absolute Gasteiger partial charge is 0.497 e. The average molecular weight is 210 g/mol. The van der Waals surface area contributed by atoms with E-state index < -0.39 is 0 Å². The van der Waals surface area contributed by atoms with Gasteiger partial charge in [0.05, 0.1) is 13.7 Å². The molecule has 15 heavy (non-hydrogen) atoms. The summed E-state index contributed by atoms with van der Waals surface area (Å²) >= 11 is 0. The van der Waals surface area contributed by atoms with Crippen molar-refractivity contribution in [2.24, 2.45) is 10.9 Å². The summed E-state index contributed by atoms with van der Waals surface area (Å²) < 4.78 is 10.1. The van der Waals surface area contributed by atoms with E-state index in [1.165, 1.54) is 0 Å². The molecular weight excluding hydrogens is 196 g/mol. The molecule has 0 spiro atoms. The summed E-state index contributed by atoms with van der Waals surface area (Å²) in [7, 11) is 3.16. The zero-order valence-corrected chi connectivity index (χ0v) is 8.73. The van der Waals surface area contributed by atoms with Crippen LogP contribution in [-0.2, 0) is 11.3 Å². The van der Waals surface area contributed by atoms with Crippen LogP contribution in [0.25, 0.3) is 0 Å². The smallest absolute Gasteiger partial charge is 0.170 e. The number of ether oxygens (including phenoxy) is 2. The van der Waals surface area contributed by atoms with Gasteiger partial charge in [-0.05, 0) is 23.8 Å². The van der Waals surface area contributed by atoms with Gasteiger partial charge < -0.3 is 20.4 Å². The quantitative estimate of drug-likeness (QED) is 0.335. The Morgan fingerprint density at radius 1 is 1.40 bits per heavy atom. The monoisotopic (exact) mass is 210 g/mol. The van der Waals surface area contributed by atoms with Crippen molar-refractivity contribution in [3.05, 3.63) is 29.3 Å². The molecule has 0 aliphatic carbocycles. The van der Waals surface area contributed by atoms with E-state index in [0.29, 0.717) is 17.9 Å². The van der Waals surface area contributed by atoms with Crippen molar-refractivity contribution in [1.82, 2.24) is 0 Å². The fraction of sp³-hybridized carbons (Fsp3) is 0.300. The second-order valence-electron chi connectivity index (χ2n) is 2.99. The van der Waals surface area contributed by atoms with Crippen LogP contribution in [0.5, 0.6) is 5.75 Å². The molecule has 3 N–H and O–H groups in total. The van der Waals surface area contributed by atoms with Crippen LogP contribution in [0.15, 0.2) is 23.4 Å². The molecule has 1 aromatic rings. The topological polar surface area (TPSA) is 77.1 Å². The normalized spacial score (nSPS) is 11.5. The highest BCUT2D eigenvalue weighted by molar-refractivity contribution is 5.97. The van der Waals surface area contributed by atoms with Crippen LogP contribution in [-0.4, -0.2) is 25.3 Å². The molecule has 0 aliphatic heterocycles. The van der Waals surface area contributed by atoms with Gasteiger partial charge in [-0.15, -0.1) is 0 Å². The first-order valence-electron chi connectivity index (χ1n) is 4.36. The van der Waals surface area contributed by atoms with E-state index >= 15 is 0 Å². The predicted octanol–water partition coefficient (Wildman–Crippen LogP) is 0.936. The lowest BCUT2D eigenvalue weighted by Crippen LogP contribution is -2.13. The molecule has 0 aromatic heterocycles. The summed E-state index contributed by atoms with van der Waals surface area (Å²) in [6, 6.07) is 5.30. The average Bonchev–Trinajstić information content (AvgIpc) is 2.28. The Balaban J connectivity index is 3.11. The van der Waals surface area contributed by atoms with Gasteiger partial charge in [-0.1, -0.05) is 5.16 Å². The van der Waals surface area contributed by atoms with Crippen molar-refractivity contribution in [3.63, 3.8) is 0 Å². The van der Waals surface area contributed by atoms with Crippen molar-refractivity contribution < 1.29 is 14.7 Å². The second-order valence-corrected chi connectivity index (χ2v) is 2.99.